The Labute approximate surface area is 148 Å². The van der Waals surface area contributed by atoms with Crippen molar-refractivity contribution in [2.24, 2.45) is 7.05 Å². The minimum Gasteiger partial charge on any atom is -0.291 e. The number of rotatable bonds is 3. The van der Waals surface area contributed by atoms with Gasteiger partial charge in [0.05, 0.1) is 31.0 Å². The molecule has 3 heterocycles. The molecule has 0 bridgehead atoms. The summed E-state index contributed by atoms with van der Waals surface area (Å²) in [6.07, 6.45) is -1.94. The summed E-state index contributed by atoms with van der Waals surface area (Å²) in [5.74, 6) is 0.325. The van der Waals surface area contributed by atoms with Crippen molar-refractivity contribution < 1.29 is 13.2 Å². The number of hydrogen-bond donors (Lipinski definition) is 0. The number of halogens is 3. The molecule has 0 N–H and O–H groups in total. The molecular weight excluding hydrogens is 365 g/mol. The van der Waals surface area contributed by atoms with E-state index in [-0.39, 0.29) is 23.3 Å². The lowest BCUT2D eigenvalue weighted by Crippen LogP contribution is -2.21. The fraction of sp³-hybridized carbons (Fsp3) is 0.200. The monoisotopic (exact) mass is 376 g/mol. The first-order valence-corrected chi connectivity index (χ1v) is 7.66. The van der Waals surface area contributed by atoms with E-state index in [1.165, 1.54) is 38.7 Å². The van der Waals surface area contributed by atoms with E-state index < -0.39 is 17.3 Å². The molecule has 0 saturated carbocycles. The Morgan fingerprint density at radius 2 is 2.04 bits per heavy atom. The zero-order valence-corrected chi connectivity index (χ0v) is 13.8. The van der Waals surface area contributed by atoms with Gasteiger partial charge in [0, 0.05) is 0 Å². The first kappa shape index (κ1) is 16.9. The fourth-order valence-corrected chi connectivity index (χ4v) is 2.60. The van der Waals surface area contributed by atoms with Gasteiger partial charge in [-0.15, -0.1) is 10.2 Å². The molecule has 0 aliphatic rings. The molecule has 12 heteroatoms. The van der Waals surface area contributed by atoms with Crippen LogP contribution in [0.25, 0.3) is 16.7 Å². The molecule has 9 nitrogen and oxygen atoms in total. The van der Waals surface area contributed by atoms with Crippen molar-refractivity contribution in [1.29, 1.82) is 0 Å². The Bertz CT molecular complexity index is 1190. The van der Waals surface area contributed by atoms with E-state index in [0.717, 1.165) is 12.1 Å². The maximum Gasteiger partial charge on any atom is 0.416 e. The lowest BCUT2D eigenvalue weighted by Gasteiger charge is -2.09. The third-order valence-electron chi connectivity index (χ3n) is 3.83. The molecule has 0 aliphatic heterocycles. The summed E-state index contributed by atoms with van der Waals surface area (Å²) in [6.45, 7) is 0.0599. The van der Waals surface area contributed by atoms with Gasteiger partial charge in [0.15, 0.2) is 11.5 Å². The highest BCUT2D eigenvalue weighted by atomic mass is 19.4. The second-order valence-corrected chi connectivity index (χ2v) is 5.71. The highest BCUT2D eigenvalue weighted by molar-refractivity contribution is 5.75. The van der Waals surface area contributed by atoms with Crippen LogP contribution in [0, 0.1) is 0 Å². The first-order valence-electron chi connectivity index (χ1n) is 7.66. The second-order valence-electron chi connectivity index (χ2n) is 5.71. The third kappa shape index (κ3) is 3.05. The summed E-state index contributed by atoms with van der Waals surface area (Å²) >= 11 is 0. The van der Waals surface area contributed by atoms with Gasteiger partial charge in [-0.25, -0.2) is 9.67 Å². The van der Waals surface area contributed by atoms with Crippen molar-refractivity contribution in [1.82, 2.24) is 39.5 Å². The second kappa shape index (κ2) is 6.00. The molecule has 27 heavy (non-hydrogen) atoms. The molecular formula is C15H11F3N8O. The summed E-state index contributed by atoms with van der Waals surface area (Å²) in [4.78, 5) is 18.1. The van der Waals surface area contributed by atoms with E-state index in [9.17, 15) is 18.0 Å². The van der Waals surface area contributed by atoms with Crippen molar-refractivity contribution in [3.8, 4) is 5.69 Å². The molecule has 0 spiro atoms. The molecule has 4 rings (SSSR count). The third-order valence-corrected chi connectivity index (χ3v) is 3.83. The zero-order chi connectivity index (χ0) is 19.2. The van der Waals surface area contributed by atoms with Gasteiger partial charge in [0.25, 0.3) is 5.56 Å². The predicted octanol–water partition coefficient (Wildman–Crippen LogP) is 1.17. The Balaban J connectivity index is 1.77. The van der Waals surface area contributed by atoms with Gasteiger partial charge in [0.2, 0.25) is 0 Å². The molecule has 0 unspecified atom stereocenters. The largest absolute Gasteiger partial charge is 0.416 e. The van der Waals surface area contributed by atoms with E-state index in [2.05, 4.69) is 25.5 Å². The molecule has 0 fully saturated rings. The summed E-state index contributed by atoms with van der Waals surface area (Å²) in [5.41, 5.74) is -0.917. The molecule has 4 aromatic rings. The van der Waals surface area contributed by atoms with E-state index in [1.807, 2.05) is 0 Å². The normalized spacial score (nSPS) is 12.0. The smallest absolute Gasteiger partial charge is 0.291 e. The highest BCUT2D eigenvalue weighted by Gasteiger charge is 2.30. The number of tetrazole rings is 1. The Morgan fingerprint density at radius 1 is 1.22 bits per heavy atom. The molecule has 1 aromatic carbocycles. The van der Waals surface area contributed by atoms with Crippen LogP contribution < -0.4 is 5.56 Å². The molecule has 0 aliphatic carbocycles. The minimum atomic E-state index is -4.48. The average molecular weight is 376 g/mol. The number of nitrogens with zero attached hydrogens (tertiary/aromatic N) is 8. The van der Waals surface area contributed by atoms with Crippen LogP contribution in [0.2, 0.25) is 0 Å². The van der Waals surface area contributed by atoms with Gasteiger partial charge in [-0.05, 0) is 23.4 Å². The van der Waals surface area contributed by atoms with Crippen molar-refractivity contribution in [2.75, 3.05) is 0 Å². The number of aromatic nitrogens is 8. The molecule has 0 radical (unpaired) electrons. The number of aryl methyl sites for hydroxylation is 1. The number of benzene rings is 1. The van der Waals surface area contributed by atoms with E-state index in [1.54, 1.807) is 7.05 Å². The van der Waals surface area contributed by atoms with Crippen LogP contribution >= 0.6 is 0 Å². The predicted molar refractivity (Wildman–Crippen MR) is 86.0 cm³/mol. The van der Waals surface area contributed by atoms with Crippen LogP contribution in [0.1, 0.15) is 11.4 Å². The van der Waals surface area contributed by atoms with Crippen molar-refractivity contribution >= 4 is 11.0 Å². The average Bonchev–Trinajstić information content (AvgIpc) is 3.23. The van der Waals surface area contributed by atoms with Crippen LogP contribution in [-0.4, -0.2) is 39.5 Å². The van der Waals surface area contributed by atoms with Crippen molar-refractivity contribution in [3.63, 3.8) is 0 Å². The number of hydrogen-bond acceptors (Lipinski definition) is 6. The fourth-order valence-electron chi connectivity index (χ4n) is 2.60. The van der Waals surface area contributed by atoms with Gasteiger partial charge in [-0.1, -0.05) is 6.07 Å². The molecule has 3 aromatic heterocycles. The van der Waals surface area contributed by atoms with Crippen LogP contribution in [-0.2, 0) is 19.8 Å². The minimum absolute atomic E-state index is 0.0599. The standard InChI is InChI=1S/C15H11F3N8O/c1-24-22-12(21-23-24)7-25-8-19-13-11(14(25)27)6-20-26(13)10-4-2-3-9(5-10)15(16,17)18/h2-6,8H,7H2,1H3. The number of alkyl halides is 3. The van der Waals surface area contributed by atoms with Gasteiger partial charge in [0.1, 0.15) is 11.7 Å². The van der Waals surface area contributed by atoms with E-state index >= 15 is 0 Å². The van der Waals surface area contributed by atoms with E-state index in [4.69, 9.17) is 0 Å². The lowest BCUT2D eigenvalue weighted by atomic mass is 10.2. The SMILES string of the molecule is Cn1nnc(Cn2cnc3c(cnn3-c3cccc(C(F)(F)F)c3)c2=O)n1. The highest BCUT2D eigenvalue weighted by Crippen LogP contribution is 2.30. The van der Waals surface area contributed by atoms with Crippen molar-refractivity contribution in [2.45, 2.75) is 12.7 Å². The van der Waals surface area contributed by atoms with Crippen LogP contribution in [0.5, 0.6) is 0 Å². The van der Waals surface area contributed by atoms with Gasteiger partial charge >= 0.3 is 6.18 Å². The molecule has 138 valence electrons. The zero-order valence-electron chi connectivity index (χ0n) is 13.8. The summed E-state index contributed by atoms with van der Waals surface area (Å²) in [5, 5.41) is 15.7. The quantitative estimate of drug-likeness (QED) is 0.533. The Morgan fingerprint density at radius 3 is 2.74 bits per heavy atom. The maximum atomic E-state index is 12.9. The molecule has 0 saturated heterocycles. The Hall–Kier alpha value is -3.57. The molecule has 0 atom stereocenters. The molecule has 0 amide bonds. The van der Waals surface area contributed by atoms with Crippen LogP contribution in [0.4, 0.5) is 13.2 Å². The van der Waals surface area contributed by atoms with Gasteiger partial charge in [-0.3, -0.25) is 9.36 Å². The summed E-state index contributed by atoms with van der Waals surface area (Å²) in [7, 11) is 1.60. The lowest BCUT2D eigenvalue weighted by molar-refractivity contribution is -0.137. The van der Waals surface area contributed by atoms with Crippen LogP contribution in [0.3, 0.4) is 0 Å². The first-order chi connectivity index (χ1) is 12.8. The van der Waals surface area contributed by atoms with Crippen molar-refractivity contribution in [3.05, 3.63) is 58.5 Å². The van der Waals surface area contributed by atoms with E-state index in [0.29, 0.717) is 5.82 Å². The summed E-state index contributed by atoms with van der Waals surface area (Å²) in [6, 6.07) is 4.64. The summed E-state index contributed by atoms with van der Waals surface area (Å²) < 4.78 is 41.3. The number of fused-ring (bicyclic) bond motifs is 1. The maximum absolute atomic E-state index is 12.9. The Kier molecular flexibility index (Phi) is 3.75. The van der Waals surface area contributed by atoms with Gasteiger partial charge in [-0.2, -0.15) is 23.1 Å². The van der Waals surface area contributed by atoms with Crippen LogP contribution in [0.15, 0.2) is 41.6 Å². The topological polar surface area (TPSA) is 96.3 Å². The van der Waals surface area contributed by atoms with Gasteiger partial charge < -0.3 is 0 Å².